The van der Waals surface area contributed by atoms with Crippen LogP contribution in [0.25, 0.3) is 0 Å². The molecule has 5 nitrogen and oxygen atoms in total. The molecule has 0 bridgehead atoms. The molecular formula is C20H25ClN2O3. The normalized spacial score (nSPS) is 11.9. The lowest BCUT2D eigenvalue weighted by atomic mass is 10.0. The summed E-state index contributed by atoms with van der Waals surface area (Å²) in [5.41, 5.74) is 1.93. The van der Waals surface area contributed by atoms with Crippen molar-refractivity contribution in [3.63, 3.8) is 0 Å². The molecule has 0 saturated heterocycles. The van der Waals surface area contributed by atoms with Gasteiger partial charge >= 0.3 is 0 Å². The maximum atomic E-state index is 12.2. The van der Waals surface area contributed by atoms with Gasteiger partial charge in [0.05, 0.1) is 13.2 Å². The molecular weight excluding hydrogens is 352 g/mol. The van der Waals surface area contributed by atoms with Gasteiger partial charge in [0.25, 0.3) is 5.91 Å². The minimum Gasteiger partial charge on any atom is -0.496 e. The van der Waals surface area contributed by atoms with E-state index in [-0.39, 0.29) is 18.6 Å². The first-order valence-corrected chi connectivity index (χ1v) is 8.75. The van der Waals surface area contributed by atoms with E-state index in [2.05, 4.69) is 5.32 Å². The zero-order chi connectivity index (χ0) is 19.1. The molecule has 0 aliphatic rings. The summed E-state index contributed by atoms with van der Waals surface area (Å²) >= 11 is 5.99. The minimum atomic E-state index is -0.181. The average Bonchev–Trinajstić information content (AvgIpc) is 2.63. The van der Waals surface area contributed by atoms with Crippen molar-refractivity contribution in [1.29, 1.82) is 0 Å². The van der Waals surface area contributed by atoms with Crippen molar-refractivity contribution < 1.29 is 14.3 Å². The second-order valence-corrected chi connectivity index (χ2v) is 6.63. The van der Waals surface area contributed by atoms with Crippen LogP contribution in [0.5, 0.6) is 11.5 Å². The molecule has 1 amide bonds. The van der Waals surface area contributed by atoms with E-state index in [1.54, 1.807) is 19.2 Å². The highest BCUT2D eigenvalue weighted by atomic mass is 35.5. The zero-order valence-corrected chi connectivity index (χ0v) is 16.3. The molecule has 0 spiro atoms. The summed E-state index contributed by atoms with van der Waals surface area (Å²) in [5, 5.41) is 3.60. The van der Waals surface area contributed by atoms with Gasteiger partial charge in [-0.2, -0.15) is 0 Å². The number of nitrogens with one attached hydrogen (secondary N) is 1. The minimum absolute atomic E-state index is 0.00660. The lowest BCUT2D eigenvalue weighted by Crippen LogP contribution is -2.37. The van der Waals surface area contributed by atoms with Gasteiger partial charge in [-0.15, -0.1) is 0 Å². The molecule has 0 unspecified atom stereocenters. The van der Waals surface area contributed by atoms with Crippen LogP contribution in [0.2, 0.25) is 5.02 Å². The number of amides is 1. The molecule has 0 fully saturated rings. The highest BCUT2D eigenvalue weighted by Gasteiger charge is 2.19. The molecule has 0 radical (unpaired) electrons. The second kappa shape index (κ2) is 9.46. The Balaban J connectivity index is 1.94. The predicted molar refractivity (Wildman–Crippen MR) is 104 cm³/mol. The zero-order valence-electron chi connectivity index (χ0n) is 15.6. The largest absolute Gasteiger partial charge is 0.496 e. The molecule has 140 valence electrons. The number of rotatable bonds is 8. The number of methoxy groups -OCH3 is 1. The van der Waals surface area contributed by atoms with Crippen molar-refractivity contribution in [3.05, 3.63) is 58.6 Å². The Morgan fingerprint density at radius 3 is 2.62 bits per heavy atom. The molecule has 6 heteroatoms. The van der Waals surface area contributed by atoms with Gasteiger partial charge in [0.15, 0.2) is 6.61 Å². The van der Waals surface area contributed by atoms with Crippen molar-refractivity contribution in [1.82, 2.24) is 10.2 Å². The maximum absolute atomic E-state index is 12.2. The van der Waals surface area contributed by atoms with E-state index < -0.39 is 0 Å². The van der Waals surface area contributed by atoms with Crippen LogP contribution in [-0.2, 0) is 4.79 Å². The summed E-state index contributed by atoms with van der Waals surface area (Å²) < 4.78 is 11.0. The van der Waals surface area contributed by atoms with Gasteiger partial charge in [-0.1, -0.05) is 29.8 Å². The van der Waals surface area contributed by atoms with Crippen molar-refractivity contribution in [3.8, 4) is 11.5 Å². The standard InChI is InChI=1S/C20H25ClN2O3/c1-14-11-15(9-10-17(14)21)26-13-20(24)22-12-18(23(2)3)16-7-5-6-8-19(16)25-4/h5-11,18H,12-13H2,1-4H3,(H,22,24)/t18-/m0/s1. The smallest absolute Gasteiger partial charge is 0.258 e. The Bertz CT molecular complexity index is 750. The van der Waals surface area contributed by atoms with Crippen molar-refractivity contribution in [2.24, 2.45) is 0 Å². The molecule has 1 N–H and O–H groups in total. The van der Waals surface area contributed by atoms with Crippen LogP contribution < -0.4 is 14.8 Å². The Morgan fingerprint density at radius 1 is 1.23 bits per heavy atom. The van der Waals surface area contributed by atoms with Crippen molar-refractivity contribution >= 4 is 17.5 Å². The SMILES string of the molecule is COc1ccccc1[C@H](CNC(=O)COc1ccc(Cl)c(C)c1)N(C)C. The number of hydrogen-bond donors (Lipinski definition) is 1. The molecule has 0 aromatic heterocycles. The van der Waals surface area contributed by atoms with Crippen LogP contribution in [0.4, 0.5) is 0 Å². The number of para-hydroxylation sites is 1. The topological polar surface area (TPSA) is 50.8 Å². The van der Waals surface area contributed by atoms with Crippen LogP contribution in [0.3, 0.4) is 0 Å². The first kappa shape index (κ1) is 20.1. The van der Waals surface area contributed by atoms with Gasteiger partial charge < -0.3 is 19.7 Å². The first-order valence-electron chi connectivity index (χ1n) is 8.37. The number of likely N-dealkylation sites (N-methyl/N-ethyl adjacent to an activating group) is 1. The maximum Gasteiger partial charge on any atom is 0.258 e. The Morgan fingerprint density at radius 2 is 1.96 bits per heavy atom. The number of carbonyl (C=O) groups excluding carboxylic acids is 1. The molecule has 0 aliphatic carbocycles. The Kier molecular flexibility index (Phi) is 7.30. The fourth-order valence-corrected chi connectivity index (χ4v) is 2.75. The van der Waals surface area contributed by atoms with Gasteiger partial charge in [-0.25, -0.2) is 0 Å². The van der Waals surface area contributed by atoms with E-state index in [9.17, 15) is 4.79 Å². The van der Waals surface area contributed by atoms with Gasteiger partial charge in [0.2, 0.25) is 0 Å². The lowest BCUT2D eigenvalue weighted by Gasteiger charge is -2.26. The third kappa shape index (κ3) is 5.38. The van der Waals surface area contributed by atoms with Gasteiger partial charge in [-0.05, 0) is 50.8 Å². The lowest BCUT2D eigenvalue weighted by molar-refractivity contribution is -0.123. The van der Waals surface area contributed by atoms with Crippen LogP contribution >= 0.6 is 11.6 Å². The number of halogens is 1. The summed E-state index contributed by atoms with van der Waals surface area (Å²) in [5.74, 6) is 1.24. The molecule has 0 saturated carbocycles. The number of ether oxygens (including phenoxy) is 2. The summed E-state index contributed by atoms with van der Waals surface area (Å²) in [6.07, 6.45) is 0. The monoisotopic (exact) mass is 376 g/mol. The highest BCUT2D eigenvalue weighted by molar-refractivity contribution is 6.31. The van der Waals surface area contributed by atoms with Gasteiger partial charge in [0, 0.05) is 17.1 Å². The molecule has 2 aromatic carbocycles. The van der Waals surface area contributed by atoms with Crippen LogP contribution in [0.1, 0.15) is 17.2 Å². The fourth-order valence-electron chi connectivity index (χ4n) is 2.63. The summed E-state index contributed by atoms with van der Waals surface area (Å²) in [7, 11) is 5.58. The van der Waals surface area contributed by atoms with E-state index in [0.29, 0.717) is 17.3 Å². The number of carbonyl (C=O) groups is 1. The van der Waals surface area contributed by atoms with Gasteiger partial charge in [-0.3, -0.25) is 4.79 Å². The average molecular weight is 377 g/mol. The molecule has 26 heavy (non-hydrogen) atoms. The predicted octanol–water partition coefficient (Wildman–Crippen LogP) is 3.45. The van der Waals surface area contributed by atoms with Crippen molar-refractivity contribution in [2.75, 3.05) is 34.4 Å². The summed E-state index contributed by atoms with van der Waals surface area (Å²) in [4.78, 5) is 14.2. The van der Waals surface area contributed by atoms with E-state index in [1.165, 1.54) is 0 Å². The number of benzene rings is 2. The molecule has 0 aliphatic heterocycles. The summed E-state index contributed by atoms with van der Waals surface area (Å²) in [6.45, 7) is 2.30. The van der Waals surface area contributed by atoms with Crippen molar-refractivity contribution in [2.45, 2.75) is 13.0 Å². The third-order valence-electron chi connectivity index (χ3n) is 4.11. The number of aryl methyl sites for hydroxylation is 1. The van der Waals surface area contributed by atoms with Crippen LogP contribution in [-0.4, -0.2) is 45.2 Å². The number of nitrogens with zero attached hydrogens (tertiary/aromatic N) is 1. The van der Waals surface area contributed by atoms with Gasteiger partial charge in [0.1, 0.15) is 11.5 Å². The van der Waals surface area contributed by atoms with Crippen LogP contribution in [0, 0.1) is 6.92 Å². The van der Waals surface area contributed by atoms with Crippen LogP contribution in [0.15, 0.2) is 42.5 Å². The number of hydrogen-bond acceptors (Lipinski definition) is 4. The quantitative estimate of drug-likeness (QED) is 0.766. The molecule has 0 heterocycles. The van der Waals surface area contributed by atoms with E-state index in [4.69, 9.17) is 21.1 Å². The van der Waals surface area contributed by atoms with E-state index >= 15 is 0 Å². The van der Waals surface area contributed by atoms with E-state index in [0.717, 1.165) is 16.9 Å². The first-order chi connectivity index (χ1) is 12.4. The summed E-state index contributed by atoms with van der Waals surface area (Å²) in [6, 6.07) is 13.1. The molecule has 2 rings (SSSR count). The molecule has 1 atom stereocenters. The fraction of sp³-hybridized carbons (Fsp3) is 0.350. The molecule has 2 aromatic rings. The highest BCUT2D eigenvalue weighted by Crippen LogP contribution is 2.27. The second-order valence-electron chi connectivity index (χ2n) is 6.23. The third-order valence-corrected chi connectivity index (χ3v) is 4.54. The van der Waals surface area contributed by atoms with E-state index in [1.807, 2.05) is 56.3 Å². The Labute approximate surface area is 159 Å². The Hall–Kier alpha value is -2.24.